The van der Waals surface area contributed by atoms with Crippen molar-refractivity contribution >= 4 is 46.2 Å². The Morgan fingerprint density at radius 1 is 1.19 bits per heavy atom. The van der Waals surface area contributed by atoms with E-state index in [9.17, 15) is 22.8 Å². The number of fused-ring (bicyclic) bond motifs is 1. The Bertz CT molecular complexity index is 1340. The minimum atomic E-state index is -4.80. The number of benzene rings is 2. The molecule has 0 aromatic heterocycles. The molecule has 0 radical (unpaired) electrons. The molecule has 2 heterocycles. The molecule has 1 saturated heterocycles. The Hall–Kier alpha value is -3.56. The van der Waals surface area contributed by atoms with Gasteiger partial charge in [-0.25, -0.2) is 4.39 Å². The van der Waals surface area contributed by atoms with E-state index in [-0.39, 0.29) is 34.5 Å². The Balaban J connectivity index is 1.77. The van der Waals surface area contributed by atoms with E-state index in [4.69, 9.17) is 23.5 Å². The molecule has 1 fully saturated rings. The number of hydrogen-bond acceptors (Lipinski definition) is 4. The maximum absolute atomic E-state index is 15.3. The van der Waals surface area contributed by atoms with E-state index >= 15 is 4.39 Å². The fraction of sp³-hybridized carbons (Fsp3) is 0.333. The van der Waals surface area contributed by atoms with Crippen LogP contribution in [-0.4, -0.2) is 47.6 Å². The Morgan fingerprint density at radius 3 is 2.50 bits per heavy atom. The normalized spacial score (nSPS) is 17.2. The standard InChI is InChI=1S/C24H21F4N4O3S/c1-23(2)21(34)31(14-5-6-18(29-3)16(10-14)24(26,27)28)22(36)32(23)19-11-15-13(9-17(19)25)12-30(20(15)33)7-8-35-4/h3,5-6,9-11H,7-8,12H2,1-2,4H3/q+1. The number of rotatable bonds is 5. The monoisotopic (exact) mass is 521 g/mol. The van der Waals surface area contributed by atoms with Gasteiger partial charge in [-0.2, -0.15) is 13.2 Å². The van der Waals surface area contributed by atoms with Gasteiger partial charge in [-0.3, -0.25) is 14.5 Å². The SMILES string of the molecule is C#[N+]c1ccc(N2C(=O)C(C)(C)N(c3cc4c(cc3F)CN(CCOC)C4=O)C2=S)cc1C(F)(F)F. The van der Waals surface area contributed by atoms with Crippen molar-refractivity contribution in [1.29, 1.82) is 0 Å². The summed E-state index contributed by atoms with van der Waals surface area (Å²) in [7, 11) is 1.50. The number of hydrogen-bond donors (Lipinski definition) is 0. The summed E-state index contributed by atoms with van der Waals surface area (Å²) < 4.78 is 61.0. The van der Waals surface area contributed by atoms with Crippen molar-refractivity contribution in [2.24, 2.45) is 0 Å². The smallest absolute Gasteiger partial charge is 0.383 e. The lowest BCUT2D eigenvalue weighted by Gasteiger charge is -2.30. The summed E-state index contributed by atoms with van der Waals surface area (Å²) in [6.45, 7) is 8.84. The Morgan fingerprint density at radius 2 is 1.89 bits per heavy atom. The van der Waals surface area contributed by atoms with Crippen LogP contribution >= 0.6 is 12.2 Å². The molecule has 2 aromatic carbocycles. The fourth-order valence-electron chi connectivity index (χ4n) is 4.36. The highest BCUT2D eigenvalue weighted by molar-refractivity contribution is 7.81. The van der Waals surface area contributed by atoms with Crippen LogP contribution in [0, 0.1) is 12.4 Å². The number of carbonyl (C=O) groups is 2. The number of amides is 2. The third-order valence-corrected chi connectivity index (χ3v) is 6.57. The largest absolute Gasteiger partial charge is 0.424 e. The van der Waals surface area contributed by atoms with Gasteiger partial charge in [-0.15, -0.1) is 0 Å². The second-order valence-corrected chi connectivity index (χ2v) is 9.19. The van der Waals surface area contributed by atoms with Gasteiger partial charge < -0.3 is 14.5 Å². The van der Waals surface area contributed by atoms with E-state index in [0.29, 0.717) is 24.8 Å². The number of carbonyl (C=O) groups excluding carboxylic acids is 2. The molecule has 2 aromatic rings. The van der Waals surface area contributed by atoms with Gasteiger partial charge in [0, 0.05) is 31.8 Å². The highest BCUT2D eigenvalue weighted by Crippen LogP contribution is 2.43. The van der Waals surface area contributed by atoms with Crippen LogP contribution in [0.2, 0.25) is 0 Å². The summed E-state index contributed by atoms with van der Waals surface area (Å²) in [5.41, 5.74) is -2.73. The number of methoxy groups -OCH3 is 1. The molecule has 0 spiro atoms. The highest BCUT2D eigenvalue weighted by atomic mass is 32.1. The summed E-state index contributed by atoms with van der Waals surface area (Å²) in [5, 5.41) is -0.240. The summed E-state index contributed by atoms with van der Waals surface area (Å²) >= 11 is 5.47. The van der Waals surface area contributed by atoms with Crippen molar-refractivity contribution in [2.45, 2.75) is 32.1 Å². The van der Waals surface area contributed by atoms with Crippen molar-refractivity contribution in [3.8, 4) is 6.57 Å². The second kappa shape index (κ2) is 8.83. The van der Waals surface area contributed by atoms with E-state index < -0.39 is 34.7 Å². The molecule has 0 atom stereocenters. The summed E-state index contributed by atoms with van der Waals surface area (Å²) in [4.78, 5) is 33.0. The molecule has 36 heavy (non-hydrogen) atoms. The number of alkyl halides is 3. The Labute approximate surface area is 209 Å². The molecule has 188 valence electrons. The van der Waals surface area contributed by atoms with Crippen LogP contribution in [-0.2, 0) is 22.3 Å². The van der Waals surface area contributed by atoms with Gasteiger partial charge in [0.2, 0.25) is 0 Å². The zero-order valence-corrected chi connectivity index (χ0v) is 20.3. The van der Waals surface area contributed by atoms with Crippen LogP contribution in [0.5, 0.6) is 0 Å². The minimum absolute atomic E-state index is 0.133. The zero-order valence-electron chi connectivity index (χ0n) is 19.5. The van der Waals surface area contributed by atoms with E-state index in [1.807, 2.05) is 0 Å². The fourth-order valence-corrected chi connectivity index (χ4v) is 4.88. The van der Waals surface area contributed by atoms with E-state index in [2.05, 4.69) is 4.85 Å². The summed E-state index contributed by atoms with van der Waals surface area (Å²) in [5.74, 6) is -1.73. The zero-order chi connectivity index (χ0) is 26.6. The van der Waals surface area contributed by atoms with Crippen LogP contribution in [0.1, 0.15) is 35.3 Å². The highest BCUT2D eigenvalue weighted by Gasteiger charge is 2.52. The minimum Gasteiger partial charge on any atom is -0.383 e. The van der Waals surface area contributed by atoms with Crippen molar-refractivity contribution < 1.29 is 31.9 Å². The first-order valence-electron chi connectivity index (χ1n) is 10.7. The van der Waals surface area contributed by atoms with Gasteiger partial charge >= 0.3 is 11.9 Å². The number of ether oxygens (including phenoxy) is 1. The molecule has 2 aliphatic rings. The van der Waals surface area contributed by atoms with Gasteiger partial charge in [0.25, 0.3) is 18.4 Å². The first kappa shape index (κ1) is 25.5. The van der Waals surface area contributed by atoms with Gasteiger partial charge in [-0.1, -0.05) is 0 Å². The average Bonchev–Trinajstić information content (AvgIpc) is 3.20. The lowest BCUT2D eigenvalue weighted by Crippen LogP contribution is -2.44. The molecule has 0 saturated carbocycles. The maximum atomic E-state index is 15.3. The lowest BCUT2D eigenvalue weighted by molar-refractivity contribution is -0.136. The van der Waals surface area contributed by atoms with Crippen LogP contribution < -0.4 is 9.80 Å². The van der Waals surface area contributed by atoms with Crippen LogP contribution in [0.15, 0.2) is 30.3 Å². The topological polar surface area (TPSA) is 57.5 Å². The molecule has 0 bridgehead atoms. The molecule has 0 aliphatic carbocycles. The maximum Gasteiger partial charge on any atom is 0.424 e. The van der Waals surface area contributed by atoms with Crippen molar-refractivity contribution in [1.82, 2.24) is 4.90 Å². The van der Waals surface area contributed by atoms with E-state index in [1.54, 1.807) is 0 Å². The molecular weight excluding hydrogens is 500 g/mol. The quantitative estimate of drug-likeness (QED) is 0.412. The predicted molar refractivity (Wildman–Crippen MR) is 129 cm³/mol. The summed E-state index contributed by atoms with van der Waals surface area (Å²) in [6, 6.07) is 5.49. The van der Waals surface area contributed by atoms with Gasteiger partial charge in [0.1, 0.15) is 16.9 Å². The number of nitrogens with zero attached hydrogens (tertiary/aromatic N) is 4. The third-order valence-electron chi connectivity index (χ3n) is 6.21. The summed E-state index contributed by atoms with van der Waals surface area (Å²) in [6.07, 6.45) is -4.80. The van der Waals surface area contributed by atoms with Gasteiger partial charge in [-0.05, 0) is 60.7 Å². The van der Waals surface area contributed by atoms with E-state index in [0.717, 1.165) is 11.0 Å². The van der Waals surface area contributed by atoms with Gasteiger partial charge in [0.15, 0.2) is 5.11 Å². The Kier molecular flexibility index (Phi) is 6.26. The van der Waals surface area contributed by atoms with Crippen LogP contribution in [0.3, 0.4) is 0 Å². The average molecular weight is 522 g/mol. The molecule has 0 N–H and O–H groups in total. The molecule has 4 rings (SSSR count). The lowest BCUT2D eigenvalue weighted by atomic mass is 10.0. The van der Waals surface area contributed by atoms with Crippen LogP contribution in [0.25, 0.3) is 4.85 Å². The van der Waals surface area contributed by atoms with Crippen molar-refractivity contribution in [2.75, 3.05) is 30.1 Å². The van der Waals surface area contributed by atoms with E-state index in [1.165, 1.54) is 49.0 Å². The number of anilines is 2. The van der Waals surface area contributed by atoms with Crippen molar-refractivity contribution in [3.63, 3.8) is 0 Å². The number of thiocarbonyl (C=S) groups is 1. The molecule has 7 nitrogen and oxygen atoms in total. The molecule has 12 heteroatoms. The second-order valence-electron chi connectivity index (χ2n) is 8.83. The molecule has 2 aliphatic heterocycles. The van der Waals surface area contributed by atoms with Crippen molar-refractivity contribution in [3.05, 3.63) is 57.7 Å². The predicted octanol–water partition coefficient (Wildman–Crippen LogP) is 4.96. The van der Waals surface area contributed by atoms with Crippen LogP contribution in [0.4, 0.5) is 34.6 Å². The molecular formula is C24H21F4N4O3S+. The number of halogens is 4. The first-order chi connectivity index (χ1) is 16.8. The molecule has 0 unspecified atom stereocenters. The molecule has 2 amide bonds. The third kappa shape index (κ3) is 3.98. The van der Waals surface area contributed by atoms with Gasteiger partial charge in [0.05, 0.1) is 18.0 Å². The first-order valence-corrected chi connectivity index (χ1v) is 11.1.